The van der Waals surface area contributed by atoms with Gasteiger partial charge < -0.3 is 19.3 Å². The van der Waals surface area contributed by atoms with Crippen LogP contribution in [0.4, 0.5) is 0 Å². The maximum Gasteiger partial charge on any atom is 0.333 e. The van der Waals surface area contributed by atoms with Gasteiger partial charge in [0, 0.05) is 18.6 Å². The molecule has 1 heterocycles. The van der Waals surface area contributed by atoms with Gasteiger partial charge in [0.1, 0.15) is 17.6 Å². The molecule has 3 rings (SSSR count). The van der Waals surface area contributed by atoms with E-state index in [9.17, 15) is 4.79 Å². The lowest BCUT2D eigenvalue weighted by molar-refractivity contribution is -0.139. The molecule has 0 aromatic heterocycles. The third-order valence-electron chi connectivity index (χ3n) is 5.09. The molecule has 30 heavy (non-hydrogen) atoms. The molecule has 5 heteroatoms. The normalized spacial score (nSPS) is 15.8. The van der Waals surface area contributed by atoms with Crippen molar-refractivity contribution in [3.8, 4) is 22.6 Å². The Morgan fingerprint density at radius 2 is 1.40 bits per heavy atom. The molecule has 2 aromatic carbocycles. The first-order chi connectivity index (χ1) is 14.7. The zero-order chi connectivity index (χ0) is 21.2. The van der Waals surface area contributed by atoms with Crippen molar-refractivity contribution in [3.63, 3.8) is 0 Å². The van der Waals surface area contributed by atoms with Crippen molar-refractivity contribution in [1.82, 2.24) is 0 Å². The average Bonchev–Trinajstić information content (AvgIpc) is 3.09. The molecular formula is C25H30O5. The van der Waals surface area contributed by atoms with Crippen LogP contribution in [0.3, 0.4) is 0 Å². The van der Waals surface area contributed by atoms with Gasteiger partial charge in [-0.15, -0.1) is 0 Å². The molecule has 2 aromatic rings. The number of carbonyl (C=O) groups excluding carboxylic acids is 1. The monoisotopic (exact) mass is 410 g/mol. The second kappa shape index (κ2) is 11.4. The van der Waals surface area contributed by atoms with E-state index in [1.54, 1.807) is 0 Å². The molecule has 0 radical (unpaired) electrons. The first-order valence-corrected chi connectivity index (χ1v) is 10.6. The fourth-order valence-corrected chi connectivity index (χ4v) is 3.35. The fraction of sp³-hybridized carbons (Fsp3) is 0.400. The maximum absolute atomic E-state index is 11.3. The third-order valence-corrected chi connectivity index (χ3v) is 5.09. The van der Waals surface area contributed by atoms with Gasteiger partial charge in [0.2, 0.25) is 0 Å². The highest BCUT2D eigenvalue weighted by Crippen LogP contribution is 2.25. The van der Waals surface area contributed by atoms with Crippen molar-refractivity contribution in [2.24, 2.45) is 0 Å². The minimum Gasteiger partial charge on any atom is -0.494 e. The maximum atomic E-state index is 11.3. The molecule has 1 atom stereocenters. The minimum absolute atomic E-state index is 0.0124. The van der Waals surface area contributed by atoms with Crippen molar-refractivity contribution in [1.29, 1.82) is 0 Å². The number of unbranched alkanes of at least 4 members (excludes halogenated alkanes) is 2. The molecule has 0 amide bonds. The Morgan fingerprint density at radius 3 is 1.87 bits per heavy atom. The standard InChI is InChI=1S/C25H30O5/c1-19-18-24(30-25(19)27)6-2-4-16-28-22-11-7-20(8-12-22)21-9-13-23(14-10-21)29-17-5-3-15-26/h7-14,24,26H,1-6,15-18H2. The van der Waals surface area contributed by atoms with Gasteiger partial charge in [-0.25, -0.2) is 4.79 Å². The molecule has 0 spiro atoms. The zero-order valence-electron chi connectivity index (χ0n) is 17.3. The number of aliphatic hydroxyl groups is 1. The number of cyclic esters (lactones) is 1. The van der Waals surface area contributed by atoms with Crippen molar-refractivity contribution >= 4 is 5.97 Å². The number of benzene rings is 2. The molecule has 1 aliphatic rings. The van der Waals surface area contributed by atoms with Crippen LogP contribution >= 0.6 is 0 Å². The van der Waals surface area contributed by atoms with Crippen LogP contribution in [0.5, 0.6) is 11.5 Å². The van der Waals surface area contributed by atoms with Gasteiger partial charge in [-0.05, 0) is 67.5 Å². The zero-order valence-corrected chi connectivity index (χ0v) is 17.3. The summed E-state index contributed by atoms with van der Waals surface area (Å²) in [6, 6.07) is 16.1. The molecule has 5 nitrogen and oxygen atoms in total. The largest absolute Gasteiger partial charge is 0.494 e. The number of rotatable bonds is 12. The highest BCUT2D eigenvalue weighted by atomic mass is 16.5. The number of ether oxygens (including phenoxy) is 3. The summed E-state index contributed by atoms with van der Waals surface area (Å²) in [5.41, 5.74) is 2.82. The highest BCUT2D eigenvalue weighted by molar-refractivity contribution is 5.89. The van der Waals surface area contributed by atoms with E-state index < -0.39 is 0 Å². The summed E-state index contributed by atoms with van der Waals surface area (Å²) in [6.45, 7) is 5.17. The summed E-state index contributed by atoms with van der Waals surface area (Å²) in [5.74, 6) is 1.44. The minimum atomic E-state index is -0.253. The van der Waals surface area contributed by atoms with Crippen LogP contribution in [0.25, 0.3) is 11.1 Å². The van der Waals surface area contributed by atoms with Crippen LogP contribution < -0.4 is 9.47 Å². The van der Waals surface area contributed by atoms with Gasteiger partial charge in [0.25, 0.3) is 0 Å². The number of esters is 1. The van der Waals surface area contributed by atoms with E-state index in [2.05, 4.69) is 18.7 Å². The fourth-order valence-electron chi connectivity index (χ4n) is 3.35. The number of aliphatic hydroxyl groups excluding tert-OH is 1. The summed E-state index contributed by atoms with van der Waals surface area (Å²) in [5, 5.41) is 8.79. The second-order valence-corrected chi connectivity index (χ2v) is 7.51. The molecule has 1 saturated heterocycles. The third kappa shape index (κ3) is 6.63. The Bertz CT molecular complexity index is 794. The quantitative estimate of drug-likeness (QED) is 0.305. The van der Waals surface area contributed by atoms with Gasteiger partial charge in [-0.3, -0.25) is 0 Å². The Balaban J connectivity index is 1.37. The van der Waals surface area contributed by atoms with E-state index in [1.807, 2.05) is 36.4 Å². The summed E-state index contributed by atoms with van der Waals surface area (Å²) < 4.78 is 16.7. The second-order valence-electron chi connectivity index (χ2n) is 7.51. The SMILES string of the molecule is C=C1CC(CCCCOc2ccc(-c3ccc(OCCCCO)cc3)cc2)OC1=O. The molecule has 1 N–H and O–H groups in total. The first-order valence-electron chi connectivity index (χ1n) is 10.6. The van der Waals surface area contributed by atoms with E-state index in [0.29, 0.717) is 25.2 Å². The Hall–Kier alpha value is -2.79. The molecule has 0 saturated carbocycles. The lowest BCUT2D eigenvalue weighted by atomic mass is 10.1. The smallest absolute Gasteiger partial charge is 0.333 e. The van der Waals surface area contributed by atoms with Gasteiger partial charge in [0.05, 0.1) is 13.2 Å². The Labute approximate surface area is 178 Å². The van der Waals surface area contributed by atoms with Crippen LogP contribution in [0.15, 0.2) is 60.7 Å². The van der Waals surface area contributed by atoms with E-state index in [0.717, 1.165) is 54.7 Å². The van der Waals surface area contributed by atoms with Crippen LogP contribution in [0, 0.1) is 0 Å². The molecular weight excluding hydrogens is 380 g/mol. The number of hydrogen-bond donors (Lipinski definition) is 1. The summed E-state index contributed by atoms with van der Waals surface area (Å²) >= 11 is 0. The van der Waals surface area contributed by atoms with Crippen LogP contribution in [0.2, 0.25) is 0 Å². The van der Waals surface area contributed by atoms with Crippen LogP contribution in [-0.2, 0) is 9.53 Å². The van der Waals surface area contributed by atoms with Crippen molar-refractivity contribution in [3.05, 3.63) is 60.7 Å². The Kier molecular flexibility index (Phi) is 8.33. The van der Waals surface area contributed by atoms with Crippen LogP contribution in [-0.4, -0.2) is 37.0 Å². The summed E-state index contributed by atoms with van der Waals surface area (Å²) in [7, 11) is 0. The number of carbonyl (C=O) groups is 1. The molecule has 0 bridgehead atoms. The lowest BCUT2D eigenvalue weighted by Crippen LogP contribution is -2.07. The molecule has 0 aliphatic carbocycles. The van der Waals surface area contributed by atoms with Gasteiger partial charge in [-0.1, -0.05) is 30.8 Å². The van der Waals surface area contributed by atoms with Gasteiger partial charge >= 0.3 is 5.97 Å². The topological polar surface area (TPSA) is 65.0 Å². The molecule has 1 unspecified atom stereocenters. The first kappa shape index (κ1) is 21.9. The summed E-state index contributed by atoms with van der Waals surface area (Å²) in [4.78, 5) is 11.3. The van der Waals surface area contributed by atoms with E-state index >= 15 is 0 Å². The number of hydrogen-bond acceptors (Lipinski definition) is 5. The van der Waals surface area contributed by atoms with Gasteiger partial charge in [0.15, 0.2) is 0 Å². The predicted molar refractivity (Wildman–Crippen MR) is 117 cm³/mol. The van der Waals surface area contributed by atoms with E-state index in [1.165, 1.54) is 0 Å². The highest BCUT2D eigenvalue weighted by Gasteiger charge is 2.26. The van der Waals surface area contributed by atoms with Crippen molar-refractivity contribution in [2.75, 3.05) is 19.8 Å². The van der Waals surface area contributed by atoms with Crippen molar-refractivity contribution < 1.29 is 24.1 Å². The molecule has 1 aliphatic heterocycles. The lowest BCUT2D eigenvalue weighted by Gasteiger charge is -2.10. The van der Waals surface area contributed by atoms with Crippen LogP contribution in [0.1, 0.15) is 38.5 Å². The van der Waals surface area contributed by atoms with E-state index in [4.69, 9.17) is 19.3 Å². The van der Waals surface area contributed by atoms with E-state index in [-0.39, 0.29) is 18.7 Å². The molecule has 160 valence electrons. The molecule has 1 fully saturated rings. The summed E-state index contributed by atoms with van der Waals surface area (Å²) in [6.07, 6.45) is 4.98. The average molecular weight is 411 g/mol. The Morgan fingerprint density at radius 1 is 0.867 bits per heavy atom. The predicted octanol–water partition coefficient (Wildman–Crippen LogP) is 4.93. The van der Waals surface area contributed by atoms with Gasteiger partial charge in [-0.2, -0.15) is 0 Å². The van der Waals surface area contributed by atoms with Crippen molar-refractivity contribution in [2.45, 2.75) is 44.6 Å².